The van der Waals surface area contributed by atoms with Gasteiger partial charge in [-0.05, 0) is 93.9 Å². The van der Waals surface area contributed by atoms with Crippen LogP contribution in [0.3, 0.4) is 0 Å². The fraction of sp³-hybridized carbons (Fsp3) is 0.852. The average molecular weight is 443 g/mol. The second-order valence-corrected chi connectivity index (χ2v) is 11.6. The van der Waals surface area contributed by atoms with E-state index in [2.05, 4.69) is 53.5 Å². The summed E-state index contributed by atoms with van der Waals surface area (Å²) < 4.78 is 2.17. The molecule has 1 aromatic rings. The summed E-state index contributed by atoms with van der Waals surface area (Å²) in [5.74, 6) is 2.51. The number of nitrogens with zero attached hydrogens (tertiary/aromatic N) is 4. The van der Waals surface area contributed by atoms with E-state index in [0.717, 1.165) is 18.9 Å². The Morgan fingerprint density at radius 2 is 1.69 bits per heavy atom. The number of carbonyl (C=O) groups excluding carboxylic acids is 1. The van der Waals surface area contributed by atoms with Crippen LogP contribution in [0.1, 0.15) is 84.1 Å². The van der Waals surface area contributed by atoms with Gasteiger partial charge in [0.15, 0.2) is 0 Å². The van der Waals surface area contributed by atoms with E-state index >= 15 is 0 Å². The zero-order chi connectivity index (χ0) is 22.7. The molecule has 3 heterocycles. The van der Waals surface area contributed by atoms with Gasteiger partial charge in [0.05, 0.1) is 6.20 Å². The molecule has 1 saturated carbocycles. The highest BCUT2D eigenvalue weighted by molar-refractivity contribution is 5.84. The molecule has 0 bridgehead atoms. The van der Waals surface area contributed by atoms with Crippen molar-refractivity contribution in [1.29, 1.82) is 0 Å². The second-order valence-electron chi connectivity index (χ2n) is 11.6. The van der Waals surface area contributed by atoms with Gasteiger partial charge in [0.1, 0.15) is 5.78 Å². The fourth-order valence-electron chi connectivity index (χ4n) is 6.17. The van der Waals surface area contributed by atoms with Crippen molar-refractivity contribution in [2.45, 2.75) is 85.1 Å². The lowest BCUT2D eigenvalue weighted by atomic mass is 9.55. The number of piperidine rings is 2. The number of likely N-dealkylation sites (tertiary alicyclic amines) is 2. The van der Waals surface area contributed by atoms with E-state index in [4.69, 9.17) is 0 Å². The smallest absolute Gasteiger partial charge is 0.138 e. The molecule has 180 valence electrons. The molecule has 1 unspecified atom stereocenters. The van der Waals surface area contributed by atoms with E-state index in [1.54, 1.807) is 0 Å². The van der Waals surface area contributed by atoms with Crippen molar-refractivity contribution >= 4 is 5.78 Å². The van der Waals surface area contributed by atoms with Crippen LogP contribution in [0.4, 0.5) is 0 Å². The third kappa shape index (κ3) is 5.64. The van der Waals surface area contributed by atoms with Gasteiger partial charge in [-0.15, -0.1) is 0 Å². The third-order valence-electron chi connectivity index (χ3n) is 8.98. The average Bonchev–Trinajstić information content (AvgIpc) is 3.25. The molecule has 0 amide bonds. The van der Waals surface area contributed by atoms with Gasteiger partial charge in [-0.2, -0.15) is 5.10 Å². The van der Waals surface area contributed by atoms with Crippen molar-refractivity contribution in [3.63, 3.8) is 0 Å². The summed E-state index contributed by atoms with van der Waals surface area (Å²) in [6.07, 6.45) is 12.8. The molecular formula is C27H46N4O. The largest absolute Gasteiger partial charge is 0.302 e. The molecule has 0 N–H and O–H groups in total. The molecule has 1 aromatic heterocycles. The lowest BCUT2D eigenvalue weighted by molar-refractivity contribution is -0.136. The Morgan fingerprint density at radius 3 is 2.25 bits per heavy atom. The number of hydrogen-bond donors (Lipinski definition) is 0. The number of Topliss-reactive ketones (excluding diaryl/α,β-unsaturated/α-hetero) is 1. The van der Waals surface area contributed by atoms with Crippen molar-refractivity contribution in [3.8, 4) is 0 Å². The number of carbonyl (C=O) groups is 1. The molecule has 5 heteroatoms. The van der Waals surface area contributed by atoms with Crippen LogP contribution in [-0.2, 0) is 11.3 Å². The van der Waals surface area contributed by atoms with Gasteiger partial charge in [-0.1, -0.05) is 27.7 Å². The standard InChI is InChI=1S/C27H46N4O/c1-5-22(4)26(32)24-16-27(17-24)8-12-30(13-9-27)15-14-29-10-6-23(7-11-29)19-31-20-25(18-28-31)21(2)3/h18,20-24H,5-17,19H2,1-4H3. The summed E-state index contributed by atoms with van der Waals surface area (Å²) >= 11 is 0. The van der Waals surface area contributed by atoms with Gasteiger partial charge in [0, 0.05) is 37.7 Å². The van der Waals surface area contributed by atoms with Crippen molar-refractivity contribution in [2.75, 3.05) is 39.3 Å². The first kappa shape index (κ1) is 23.9. The van der Waals surface area contributed by atoms with E-state index in [9.17, 15) is 4.79 Å². The Balaban J connectivity index is 1.11. The predicted molar refractivity (Wildman–Crippen MR) is 131 cm³/mol. The molecule has 2 saturated heterocycles. The zero-order valence-corrected chi connectivity index (χ0v) is 21.1. The molecular weight excluding hydrogens is 396 g/mol. The number of aromatic nitrogens is 2. The summed E-state index contributed by atoms with van der Waals surface area (Å²) in [6, 6.07) is 0. The van der Waals surface area contributed by atoms with E-state index in [0.29, 0.717) is 23.0 Å². The van der Waals surface area contributed by atoms with Crippen molar-refractivity contribution < 1.29 is 4.79 Å². The summed E-state index contributed by atoms with van der Waals surface area (Å²) in [4.78, 5) is 17.8. The number of hydrogen-bond acceptors (Lipinski definition) is 4. The minimum atomic E-state index is 0.263. The zero-order valence-electron chi connectivity index (χ0n) is 21.1. The topological polar surface area (TPSA) is 41.4 Å². The highest BCUT2D eigenvalue weighted by Gasteiger charge is 2.48. The van der Waals surface area contributed by atoms with Crippen LogP contribution in [0.5, 0.6) is 0 Å². The van der Waals surface area contributed by atoms with Crippen LogP contribution in [-0.4, -0.2) is 64.6 Å². The summed E-state index contributed by atoms with van der Waals surface area (Å²) in [7, 11) is 0. The lowest BCUT2D eigenvalue weighted by Gasteiger charge is -2.52. The molecule has 0 aromatic carbocycles. The predicted octanol–water partition coefficient (Wildman–Crippen LogP) is 4.83. The minimum absolute atomic E-state index is 0.263. The van der Waals surface area contributed by atoms with Crippen molar-refractivity contribution in [3.05, 3.63) is 18.0 Å². The molecule has 1 spiro atoms. The van der Waals surface area contributed by atoms with Crippen LogP contribution in [0.15, 0.2) is 12.4 Å². The van der Waals surface area contributed by atoms with Gasteiger partial charge in [0.2, 0.25) is 0 Å². The SMILES string of the molecule is CCC(C)C(=O)C1CC2(CCN(CCN3CCC(Cn4cc(C(C)C)cn4)CC3)CC2)C1. The number of ketones is 1. The number of rotatable bonds is 9. The maximum absolute atomic E-state index is 12.5. The minimum Gasteiger partial charge on any atom is -0.302 e. The molecule has 2 aliphatic heterocycles. The molecule has 0 radical (unpaired) electrons. The van der Waals surface area contributed by atoms with Crippen LogP contribution in [0, 0.1) is 23.2 Å². The Hall–Kier alpha value is -1.20. The highest BCUT2D eigenvalue weighted by Crippen LogP contribution is 2.53. The van der Waals surface area contributed by atoms with E-state index < -0.39 is 0 Å². The Kier molecular flexibility index (Phi) is 7.77. The van der Waals surface area contributed by atoms with Crippen molar-refractivity contribution in [2.24, 2.45) is 23.2 Å². The Bertz CT molecular complexity index is 733. The molecule has 3 fully saturated rings. The molecule has 3 aliphatic rings. The first-order valence-electron chi connectivity index (χ1n) is 13.4. The lowest BCUT2D eigenvalue weighted by Crippen LogP contribution is -2.51. The van der Waals surface area contributed by atoms with Gasteiger partial charge < -0.3 is 9.80 Å². The van der Waals surface area contributed by atoms with Gasteiger partial charge in [-0.25, -0.2) is 0 Å². The monoisotopic (exact) mass is 442 g/mol. The normalized spacial score (nSPS) is 24.2. The highest BCUT2D eigenvalue weighted by atomic mass is 16.1. The molecule has 4 rings (SSSR count). The van der Waals surface area contributed by atoms with E-state index in [1.807, 2.05) is 6.20 Å². The second kappa shape index (κ2) is 10.4. The molecule has 1 atom stereocenters. The summed E-state index contributed by atoms with van der Waals surface area (Å²) in [6.45, 7) is 17.2. The van der Waals surface area contributed by atoms with Crippen LogP contribution < -0.4 is 0 Å². The maximum Gasteiger partial charge on any atom is 0.138 e. The quantitative estimate of drug-likeness (QED) is 0.549. The Morgan fingerprint density at radius 1 is 1.06 bits per heavy atom. The summed E-state index contributed by atoms with van der Waals surface area (Å²) in [5, 5.41) is 4.58. The third-order valence-corrected chi connectivity index (χ3v) is 8.98. The molecule has 1 aliphatic carbocycles. The van der Waals surface area contributed by atoms with Crippen molar-refractivity contribution in [1.82, 2.24) is 19.6 Å². The summed E-state index contributed by atoms with van der Waals surface area (Å²) in [5.41, 5.74) is 1.86. The van der Waals surface area contributed by atoms with Crippen LogP contribution >= 0.6 is 0 Å². The molecule has 5 nitrogen and oxygen atoms in total. The van der Waals surface area contributed by atoms with Crippen LogP contribution in [0.25, 0.3) is 0 Å². The maximum atomic E-state index is 12.5. The van der Waals surface area contributed by atoms with Crippen LogP contribution in [0.2, 0.25) is 0 Å². The Labute approximate surface area is 195 Å². The first-order valence-corrected chi connectivity index (χ1v) is 13.4. The van der Waals surface area contributed by atoms with Gasteiger partial charge >= 0.3 is 0 Å². The first-order chi connectivity index (χ1) is 15.4. The van der Waals surface area contributed by atoms with E-state index in [-0.39, 0.29) is 5.92 Å². The molecule has 32 heavy (non-hydrogen) atoms. The van der Waals surface area contributed by atoms with Gasteiger partial charge in [0.25, 0.3) is 0 Å². The fourth-order valence-corrected chi connectivity index (χ4v) is 6.17. The van der Waals surface area contributed by atoms with E-state index in [1.165, 1.54) is 83.4 Å². The van der Waals surface area contributed by atoms with Gasteiger partial charge in [-0.3, -0.25) is 9.48 Å².